The van der Waals surface area contributed by atoms with Gasteiger partial charge in [0, 0.05) is 18.8 Å². The first-order valence-corrected chi connectivity index (χ1v) is 8.73. The number of allylic oxidation sites excluding steroid dienone is 1. The third-order valence-electron chi connectivity index (χ3n) is 3.67. The number of thiazole rings is 1. The number of thioether (sulfide) groups is 1. The number of nitrogens with one attached hydrogen (secondary N) is 1. The van der Waals surface area contributed by atoms with Crippen LogP contribution in [0, 0.1) is 0 Å². The zero-order chi connectivity index (χ0) is 15.1. The lowest BCUT2D eigenvalue weighted by Gasteiger charge is -2.23. The highest BCUT2D eigenvalue weighted by Gasteiger charge is 2.32. The number of carbonyl (C=O) groups excluding carboxylic acids is 1. The normalized spacial score (nSPS) is 16.9. The van der Waals surface area contributed by atoms with Crippen LogP contribution in [0.5, 0.6) is 0 Å². The highest BCUT2D eigenvalue weighted by atomic mass is 35.5. The molecule has 1 aromatic carbocycles. The van der Waals surface area contributed by atoms with Gasteiger partial charge in [-0.3, -0.25) is 15.1 Å². The van der Waals surface area contributed by atoms with E-state index in [1.807, 2.05) is 31.2 Å². The maximum Gasteiger partial charge on any atom is 0.266 e. The van der Waals surface area contributed by atoms with Crippen molar-refractivity contribution in [1.29, 1.82) is 0 Å². The van der Waals surface area contributed by atoms with Gasteiger partial charge in [0.1, 0.15) is 0 Å². The molecule has 23 heavy (non-hydrogen) atoms. The molecular formula is C15H15ClN4OS2. The van der Waals surface area contributed by atoms with Gasteiger partial charge in [0.2, 0.25) is 0 Å². The van der Waals surface area contributed by atoms with Crippen LogP contribution in [0.2, 0.25) is 0 Å². The molecule has 1 amide bonds. The van der Waals surface area contributed by atoms with E-state index in [1.54, 1.807) is 0 Å². The SMILES string of the molecule is CC1=C(C(=O)Nc2nc3ccccc3s2)SC2=NCCCN21.Cl. The van der Waals surface area contributed by atoms with Crippen LogP contribution >= 0.6 is 35.5 Å². The number of hydrogen-bond donors (Lipinski definition) is 1. The van der Waals surface area contributed by atoms with Crippen molar-refractivity contribution < 1.29 is 4.79 Å². The first-order chi connectivity index (χ1) is 10.7. The fourth-order valence-electron chi connectivity index (χ4n) is 2.56. The van der Waals surface area contributed by atoms with Gasteiger partial charge in [0.05, 0.1) is 15.1 Å². The Morgan fingerprint density at radius 1 is 1.35 bits per heavy atom. The first-order valence-electron chi connectivity index (χ1n) is 7.10. The van der Waals surface area contributed by atoms with Gasteiger partial charge in [-0.05, 0) is 37.2 Å². The number of amides is 1. The summed E-state index contributed by atoms with van der Waals surface area (Å²) in [5, 5.41) is 4.50. The topological polar surface area (TPSA) is 57.6 Å². The van der Waals surface area contributed by atoms with Crippen molar-refractivity contribution in [3.63, 3.8) is 0 Å². The average Bonchev–Trinajstić information content (AvgIpc) is 3.08. The molecule has 2 aliphatic heterocycles. The molecule has 2 aromatic rings. The number of rotatable bonds is 2. The molecule has 0 saturated carbocycles. The quantitative estimate of drug-likeness (QED) is 0.880. The summed E-state index contributed by atoms with van der Waals surface area (Å²) < 4.78 is 1.07. The summed E-state index contributed by atoms with van der Waals surface area (Å²) in [5.41, 5.74) is 1.90. The third kappa shape index (κ3) is 2.96. The molecule has 5 nitrogen and oxygen atoms in total. The largest absolute Gasteiger partial charge is 0.324 e. The summed E-state index contributed by atoms with van der Waals surface area (Å²) in [7, 11) is 0. The first kappa shape index (κ1) is 16.3. The highest BCUT2D eigenvalue weighted by Crippen LogP contribution is 2.37. The number of amidine groups is 1. The number of aromatic nitrogens is 1. The molecule has 4 rings (SSSR count). The Kier molecular flexibility index (Phi) is 4.61. The van der Waals surface area contributed by atoms with Crippen molar-refractivity contribution in [1.82, 2.24) is 9.88 Å². The molecule has 3 heterocycles. The second kappa shape index (κ2) is 6.51. The van der Waals surface area contributed by atoms with Crippen LogP contribution in [0.25, 0.3) is 10.2 Å². The summed E-state index contributed by atoms with van der Waals surface area (Å²) in [6.07, 6.45) is 1.04. The van der Waals surface area contributed by atoms with Crippen molar-refractivity contribution in [3.8, 4) is 0 Å². The molecule has 0 fully saturated rings. The van der Waals surface area contributed by atoms with Crippen LogP contribution in [-0.2, 0) is 4.79 Å². The number of aliphatic imine (C=N–C) groups is 1. The summed E-state index contributed by atoms with van der Waals surface area (Å²) in [5.74, 6) is -0.0985. The molecule has 0 atom stereocenters. The molecular weight excluding hydrogens is 352 g/mol. The minimum Gasteiger partial charge on any atom is -0.324 e. The fraction of sp³-hybridized carbons (Fsp3) is 0.267. The van der Waals surface area contributed by atoms with E-state index >= 15 is 0 Å². The average molecular weight is 367 g/mol. The molecule has 1 aromatic heterocycles. The molecule has 0 bridgehead atoms. The van der Waals surface area contributed by atoms with E-state index in [0.717, 1.165) is 45.5 Å². The molecule has 0 spiro atoms. The summed E-state index contributed by atoms with van der Waals surface area (Å²) in [6.45, 7) is 3.77. The second-order valence-corrected chi connectivity index (χ2v) is 7.14. The molecule has 2 aliphatic rings. The maximum atomic E-state index is 12.5. The van der Waals surface area contributed by atoms with Crippen LogP contribution < -0.4 is 5.32 Å². The number of para-hydroxylation sites is 1. The van der Waals surface area contributed by atoms with Crippen molar-refractivity contribution >= 4 is 61.9 Å². The lowest BCUT2D eigenvalue weighted by molar-refractivity contribution is -0.112. The van der Waals surface area contributed by atoms with Crippen LogP contribution in [0.4, 0.5) is 5.13 Å². The van der Waals surface area contributed by atoms with Gasteiger partial charge < -0.3 is 4.90 Å². The Hall–Kier alpha value is -1.57. The number of benzene rings is 1. The molecule has 0 saturated heterocycles. The molecule has 120 valence electrons. The van der Waals surface area contributed by atoms with Gasteiger partial charge in [-0.2, -0.15) is 0 Å². The fourth-order valence-corrected chi connectivity index (χ4v) is 4.50. The van der Waals surface area contributed by atoms with E-state index in [9.17, 15) is 4.79 Å². The van der Waals surface area contributed by atoms with E-state index in [4.69, 9.17) is 0 Å². The Bertz CT molecular complexity index is 797. The highest BCUT2D eigenvalue weighted by molar-refractivity contribution is 8.18. The maximum absolute atomic E-state index is 12.5. The Morgan fingerprint density at radius 2 is 2.17 bits per heavy atom. The van der Waals surface area contributed by atoms with Crippen LogP contribution in [0.15, 0.2) is 39.9 Å². The smallest absolute Gasteiger partial charge is 0.266 e. The second-order valence-electron chi connectivity index (χ2n) is 5.13. The van der Waals surface area contributed by atoms with Gasteiger partial charge >= 0.3 is 0 Å². The van der Waals surface area contributed by atoms with Gasteiger partial charge in [-0.1, -0.05) is 23.5 Å². The number of carbonyl (C=O) groups is 1. The molecule has 8 heteroatoms. The number of fused-ring (bicyclic) bond motifs is 2. The van der Waals surface area contributed by atoms with Crippen molar-refractivity contribution in [2.75, 3.05) is 18.4 Å². The minimum atomic E-state index is -0.0985. The summed E-state index contributed by atoms with van der Waals surface area (Å²) >= 11 is 2.95. The van der Waals surface area contributed by atoms with Crippen molar-refractivity contribution in [2.45, 2.75) is 13.3 Å². The number of nitrogens with zero attached hydrogens (tertiary/aromatic N) is 3. The van der Waals surface area contributed by atoms with E-state index in [-0.39, 0.29) is 18.3 Å². The Morgan fingerprint density at radius 3 is 2.96 bits per heavy atom. The minimum absolute atomic E-state index is 0. The third-order valence-corrected chi connectivity index (χ3v) is 5.83. The number of halogens is 1. The van der Waals surface area contributed by atoms with Crippen molar-refractivity contribution in [3.05, 3.63) is 34.9 Å². The van der Waals surface area contributed by atoms with Gasteiger partial charge in [-0.15, -0.1) is 12.4 Å². The van der Waals surface area contributed by atoms with Crippen molar-refractivity contribution in [2.24, 2.45) is 4.99 Å². The summed E-state index contributed by atoms with van der Waals surface area (Å²) in [4.78, 5) is 24.3. The van der Waals surface area contributed by atoms with Gasteiger partial charge in [0.15, 0.2) is 10.3 Å². The van der Waals surface area contributed by atoms with Crippen LogP contribution in [-0.4, -0.2) is 34.0 Å². The predicted octanol–water partition coefficient (Wildman–Crippen LogP) is 3.70. The molecule has 1 N–H and O–H groups in total. The van der Waals surface area contributed by atoms with E-state index < -0.39 is 0 Å². The number of anilines is 1. The number of hydrogen-bond acceptors (Lipinski definition) is 6. The molecule has 0 unspecified atom stereocenters. The monoisotopic (exact) mass is 366 g/mol. The van der Waals surface area contributed by atoms with Crippen LogP contribution in [0.3, 0.4) is 0 Å². The zero-order valence-electron chi connectivity index (χ0n) is 12.4. The lowest BCUT2D eigenvalue weighted by atomic mass is 10.3. The summed E-state index contributed by atoms with van der Waals surface area (Å²) in [6, 6.07) is 7.88. The van der Waals surface area contributed by atoms with Gasteiger partial charge in [-0.25, -0.2) is 4.98 Å². The molecule has 0 radical (unpaired) electrons. The van der Waals surface area contributed by atoms with Crippen LogP contribution in [0.1, 0.15) is 13.3 Å². The lowest BCUT2D eigenvalue weighted by Crippen LogP contribution is -2.28. The predicted molar refractivity (Wildman–Crippen MR) is 99.4 cm³/mol. The van der Waals surface area contributed by atoms with E-state index in [2.05, 4.69) is 20.2 Å². The Labute approximate surface area is 148 Å². The van der Waals surface area contributed by atoms with E-state index in [0.29, 0.717) is 5.13 Å². The Balaban J connectivity index is 0.00000156. The van der Waals surface area contributed by atoms with Gasteiger partial charge in [0.25, 0.3) is 5.91 Å². The van der Waals surface area contributed by atoms with E-state index in [1.165, 1.54) is 23.1 Å². The standard InChI is InChI=1S/C15H14N4OS2.ClH/c1-9-12(22-15-16-7-4-8-19(9)15)13(20)18-14-17-10-5-2-3-6-11(10)21-14;/h2-3,5-6H,4,7-8H2,1H3,(H,17,18,20);1H. The molecule has 0 aliphatic carbocycles. The zero-order valence-corrected chi connectivity index (χ0v) is 14.9.